The molecule has 0 aliphatic carbocycles. The number of ether oxygens (including phenoxy) is 1. The zero-order valence-electron chi connectivity index (χ0n) is 16.0. The number of pyridine rings is 1. The molecule has 154 valence electrons. The molecule has 0 radical (unpaired) electrons. The van der Waals surface area contributed by atoms with E-state index in [4.69, 9.17) is 16.3 Å². The molecule has 0 unspecified atom stereocenters. The van der Waals surface area contributed by atoms with Gasteiger partial charge in [0, 0.05) is 23.5 Å². The van der Waals surface area contributed by atoms with Crippen molar-refractivity contribution in [2.45, 2.75) is 23.3 Å². The molecule has 4 rings (SSSR count). The molecule has 1 fully saturated rings. The zero-order valence-corrected chi connectivity index (χ0v) is 17.6. The lowest BCUT2D eigenvalue weighted by Crippen LogP contribution is -2.47. The van der Waals surface area contributed by atoms with Crippen LogP contribution in [0.2, 0.25) is 5.02 Å². The lowest BCUT2D eigenvalue weighted by atomic mass is 9.73. The molecule has 1 N–H and O–H groups in total. The van der Waals surface area contributed by atoms with Crippen LogP contribution in [-0.4, -0.2) is 56.7 Å². The maximum absolute atomic E-state index is 12.7. The quantitative estimate of drug-likeness (QED) is 0.776. The molecule has 1 saturated heterocycles. The number of hydrogen-bond acceptors (Lipinski definition) is 6. The molecule has 2 aliphatic heterocycles. The molecule has 3 heterocycles. The topological polar surface area (TPSA) is 88.6 Å². The molecule has 9 heteroatoms. The van der Waals surface area contributed by atoms with Gasteiger partial charge in [0.1, 0.15) is 12.4 Å². The van der Waals surface area contributed by atoms with Crippen LogP contribution < -0.4 is 10.1 Å². The average molecular weight is 436 g/mol. The number of amides is 1. The Hall–Kier alpha value is -2.16. The first-order valence-corrected chi connectivity index (χ1v) is 11.7. The van der Waals surface area contributed by atoms with Crippen molar-refractivity contribution < 1.29 is 17.9 Å². The number of piperidine rings is 1. The smallest absolute Gasteiger partial charge is 0.235 e. The third kappa shape index (κ3) is 3.97. The van der Waals surface area contributed by atoms with Crippen LogP contribution in [0.1, 0.15) is 18.4 Å². The summed E-state index contributed by atoms with van der Waals surface area (Å²) in [7, 11) is -3.31. The SMILES string of the molecule is CS(=O)(=O)c1ccc(OCCN2CCC3(CC2)C(=O)Nc2ccc(Cl)cc23)cn1. The first-order valence-electron chi connectivity index (χ1n) is 9.41. The van der Waals surface area contributed by atoms with Gasteiger partial charge in [-0.3, -0.25) is 9.69 Å². The van der Waals surface area contributed by atoms with Crippen LogP contribution in [0.15, 0.2) is 41.6 Å². The number of fused-ring (bicyclic) bond motifs is 2. The maximum atomic E-state index is 12.7. The fourth-order valence-electron chi connectivity index (χ4n) is 4.00. The third-order valence-electron chi connectivity index (χ3n) is 5.65. The van der Waals surface area contributed by atoms with Crippen LogP contribution >= 0.6 is 11.6 Å². The number of aromatic nitrogens is 1. The standard InChI is InChI=1S/C20H22ClN3O4S/c1-29(26,27)18-5-3-15(13-22-18)28-11-10-24-8-6-20(7-9-24)16-12-14(21)2-4-17(16)23-19(20)25/h2-5,12-13H,6-11H2,1H3,(H,23,25). The van der Waals surface area contributed by atoms with Crippen LogP contribution in [-0.2, 0) is 20.0 Å². The Kier molecular flexibility index (Phi) is 5.27. The molecule has 1 aromatic heterocycles. The molecule has 2 aromatic rings. The van der Waals surface area contributed by atoms with Gasteiger partial charge in [-0.25, -0.2) is 13.4 Å². The second-order valence-electron chi connectivity index (χ2n) is 7.52. The van der Waals surface area contributed by atoms with Crippen LogP contribution in [0.3, 0.4) is 0 Å². The van der Waals surface area contributed by atoms with E-state index in [0.29, 0.717) is 23.9 Å². The van der Waals surface area contributed by atoms with Crippen molar-refractivity contribution in [3.63, 3.8) is 0 Å². The maximum Gasteiger partial charge on any atom is 0.235 e. The Bertz CT molecular complexity index is 1030. The molecule has 29 heavy (non-hydrogen) atoms. The zero-order chi connectivity index (χ0) is 20.6. The number of nitrogens with zero attached hydrogens (tertiary/aromatic N) is 2. The first kappa shape index (κ1) is 20.1. The highest BCUT2D eigenvalue weighted by atomic mass is 35.5. The minimum absolute atomic E-state index is 0.0291. The van der Waals surface area contributed by atoms with Gasteiger partial charge in [0.15, 0.2) is 14.9 Å². The number of likely N-dealkylation sites (tertiary alicyclic amines) is 1. The van der Waals surface area contributed by atoms with Gasteiger partial charge in [-0.15, -0.1) is 0 Å². The van der Waals surface area contributed by atoms with Gasteiger partial charge >= 0.3 is 0 Å². The van der Waals surface area contributed by atoms with E-state index in [1.165, 1.54) is 12.3 Å². The van der Waals surface area contributed by atoms with E-state index in [2.05, 4.69) is 15.2 Å². The van der Waals surface area contributed by atoms with Gasteiger partial charge < -0.3 is 10.1 Å². The van der Waals surface area contributed by atoms with E-state index >= 15 is 0 Å². The van der Waals surface area contributed by atoms with E-state index in [-0.39, 0.29) is 10.9 Å². The van der Waals surface area contributed by atoms with E-state index in [9.17, 15) is 13.2 Å². The fraction of sp³-hybridized carbons (Fsp3) is 0.400. The fourth-order valence-corrected chi connectivity index (χ4v) is 4.74. The van der Waals surface area contributed by atoms with Gasteiger partial charge in [0.25, 0.3) is 0 Å². The van der Waals surface area contributed by atoms with Crippen molar-refractivity contribution in [2.75, 3.05) is 37.8 Å². The molecule has 0 atom stereocenters. The number of anilines is 1. The van der Waals surface area contributed by atoms with E-state index in [1.807, 2.05) is 12.1 Å². The predicted molar refractivity (Wildman–Crippen MR) is 110 cm³/mol. The first-order chi connectivity index (χ1) is 13.8. The molecule has 1 spiro atoms. The minimum atomic E-state index is -3.31. The van der Waals surface area contributed by atoms with Gasteiger partial charge in [0.05, 0.1) is 11.6 Å². The van der Waals surface area contributed by atoms with Crippen LogP contribution in [0.5, 0.6) is 5.75 Å². The highest BCUT2D eigenvalue weighted by molar-refractivity contribution is 7.90. The van der Waals surface area contributed by atoms with E-state index < -0.39 is 15.3 Å². The normalized spacial score (nSPS) is 18.5. The van der Waals surface area contributed by atoms with Gasteiger partial charge in [-0.2, -0.15) is 0 Å². The summed E-state index contributed by atoms with van der Waals surface area (Å²) in [6.07, 6.45) is 4.01. The lowest BCUT2D eigenvalue weighted by molar-refractivity contribution is -0.122. The molecule has 2 aliphatic rings. The van der Waals surface area contributed by atoms with Gasteiger partial charge in [-0.1, -0.05) is 11.6 Å². The van der Waals surface area contributed by atoms with Crippen molar-refractivity contribution in [1.29, 1.82) is 0 Å². The van der Waals surface area contributed by atoms with Crippen LogP contribution in [0.4, 0.5) is 5.69 Å². The molecule has 1 aromatic carbocycles. The predicted octanol–water partition coefficient (Wildman–Crippen LogP) is 2.50. The van der Waals surface area contributed by atoms with E-state index in [0.717, 1.165) is 43.4 Å². The number of halogens is 1. The number of benzene rings is 1. The van der Waals surface area contributed by atoms with Crippen molar-refractivity contribution in [3.8, 4) is 5.75 Å². The van der Waals surface area contributed by atoms with Crippen LogP contribution in [0.25, 0.3) is 0 Å². The Labute approximate surface area is 174 Å². The van der Waals surface area contributed by atoms with Crippen molar-refractivity contribution >= 4 is 33.0 Å². The van der Waals surface area contributed by atoms with Gasteiger partial charge in [0.2, 0.25) is 5.91 Å². The number of nitrogens with one attached hydrogen (secondary N) is 1. The number of carbonyl (C=O) groups is 1. The summed E-state index contributed by atoms with van der Waals surface area (Å²) in [6, 6.07) is 8.62. The number of carbonyl (C=O) groups excluding carboxylic acids is 1. The summed E-state index contributed by atoms with van der Waals surface area (Å²) < 4.78 is 28.6. The Morgan fingerprint density at radius 3 is 2.66 bits per heavy atom. The summed E-state index contributed by atoms with van der Waals surface area (Å²) in [6.45, 7) is 2.75. The molecular formula is C20H22ClN3O4S. The largest absolute Gasteiger partial charge is 0.491 e. The third-order valence-corrected chi connectivity index (χ3v) is 6.89. The van der Waals surface area contributed by atoms with Crippen molar-refractivity contribution in [1.82, 2.24) is 9.88 Å². The lowest BCUT2D eigenvalue weighted by Gasteiger charge is -2.37. The monoisotopic (exact) mass is 435 g/mol. The molecule has 1 amide bonds. The molecular weight excluding hydrogens is 414 g/mol. The van der Waals surface area contributed by atoms with Gasteiger partial charge in [-0.05, 0) is 61.8 Å². The second kappa shape index (κ2) is 7.59. The average Bonchev–Trinajstić information content (AvgIpc) is 2.94. The molecule has 0 saturated carbocycles. The van der Waals surface area contributed by atoms with Crippen LogP contribution in [0, 0.1) is 0 Å². The number of rotatable bonds is 5. The minimum Gasteiger partial charge on any atom is -0.491 e. The van der Waals surface area contributed by atoms with Crippen molar-refractivity contribution in [3.05, 3.63) is 47.1 Å². The van der Waals surface area contributed by atoms with Crippen molar-refractivity contribution in [2.24, 2.45) is 0 Å². The molecule has 7 nitrogen and oxygen atoms in total. The Morgan fingerprint density at radius 1 is 1.24 bits per heavy atom. The second-order valence-corrected chi connectivity index (χ2v) is 9.92. The summed E-state index contributed by atoms with van der Waals surface area (Å²) >= 11 is 6.16. The summed E-state index contributed by atoms with van der Waals surface area (Å²) in [5.41, 5.74) is 1.37. The highest BCUT2D eigenvalue weighted by Gasteiger charge is 2.48. The number of hydrogen-bond donors (Lipinski definition) is 1. The number of sulfone groups is 1. The summed E-state index contributed by atoms with van der Waals surface area (Å²) in [5, 5.41) is 3.66. The Morgan fingerprint density at radius 2 is 2.00 bits per heavy atom. The molecule has 0 bridgehead atoms. The van der Waals surface area contributed by atoms with E-state index in [1.54, 1.807) is 12.1 Å². The Balaban J connectivity index is 1.32. The highest BCUT2D eigenvalue weighted by Crippen LogP contribution is 2.45. The summed E-state index contributed by atoms with van der Waals surface area (Å²) in [4.78, 5) is 18.9. The summed E-state index contributed by atoms with van der Waals surface area (Å²) in [5.74, 6) is 0.590.